The van der Waals surface area contributed by atoms with E-state index in [1.807, 2.05) is 32.0 Å². The van der Waals surface area contributed by atoms with Crippen LogP contribution in [-0.4, -0.2) is 43.4 Å². The minimum atomic E-state index is -3.23. The monoisotopic (exact) mass is 338 g/mol. The molecule has 1 N–H and O–H groups in total. The lowest BCUT2D eigenvalue weighted by Crippen LogP contribution is -2.51. The van der Waals surface area contributed by atoms with Gasteiger partial charge < -0.3 is 10.2 Å². The van der Waals surface area contributed by atoms with Gasteiger partial charge in [0, 0.05) is 25.9 Å². The molecule has 128 valence electrons. The Labute approximate surface area is 139 Å². The molecule has 0 saturated heterocycles. The Hall–Kier alpha value is -1.56. The molecule has 0 aliphatic carbocycles. The fraction of sp³-hybridized carbons (Fsp3) is 0.588. The Morgan fingerprint density at radius 1 is 1.22 bits per heavy atom. The van der Waals surface area contributed by atoms with E-state index < -0.39 is 14.6 Å². The summed E-state index contributed by atoms with van der Waals surface area (Å²) in [6, 6.07) is 7.93. The highest BCUT2D eigenvalue weighted by Gasteiger charge is 2.38. The number of hydrogen-bond donors (Lipinski definition) is 1. The summed E-state index contributed by atoms with van der Waals surface area (Å²) >= 11 is 0. The first-order valence-electron chi connectivity index (χ1n) is 8.12. The normalized spacial score (nSPS) is 15.2. The molecular formula is C17H26N2O3S. The Kier molecular flexibility index (Phi) is 5.34. The summed E-state index contributed by atoms with van der Waals surface area (Å²) < 4.78 is 23.3. The Balaban J connectivity index is 2.03. The second-order valence-corrected chi connectivity index (χ2v) is 8.67. The van der Waals surface area contributed by atoms with Gasteiger partial charge in [-0.05, 0) is 30.4 Å². The number of hydrogen-bond acceptors (Lipinski definition) is 3. The molecule has 6 heteroatoms. The summed E-state index contributed by atoms with van der Waals surface area (Å²) in [7, 11) is -3.23. The van der Waals surface area contributed by atoms with Crippen molar-refractivity contribution in [2.45, 2.75) is 44.4 Å². The molecule has 0 aromatic heterocycles. The predicted molar refractivity (Wildman–Crippen MR) is 92.1 cm³/mol. The van der Waals surface area contributed by atoms with Crippen molar-refractivity contribution < 1.29 is 13.2 Å². The highest BCUT2D eigenvalue weighted by Crippen LogP contribution is 2.25. The van der Waals surface area contributed by atoms with Crippen molar-refractivity contribution >= 4 is 15.9 Å². The zero-order valence-electron chi connectivity index (χ0n) is 14.1. The van der Waals surface area contributed by atoms with Crippen molar-refractivity contribution in [1.82, 2.24) is 10.2 Å². The van der Waals surface area contributed by atoms with Gasteiger partial charge in [-0.1, -0.05) is 38.1 Å². The van der Waals surface area contributed by atoms with E-state index in [4.69, 9.17) is 0 Å². The zero-order valence-corrected chi connectivity index (χ0v) is 14.9. The minimum absolute atomic E-state index is 0.163. The number of nitrogens with zero attached hydrogens (tertiary/aromatic N) is 1. The number of benzene rings is 1. The molecule has 1 aliphatic heterocycles. The van der Waals surface area contributed by atoms with Gasteiger partial charge in [-0.3, -0.25) is 0 Å². The van der Waals surface area contributed by atoms with Crippen LogP contribution in [0, 0.1) is 0 Å². The number of fused-ring (bicyclic) bond motifs is 1. The quantitative estimate of drug-likeness (QED) is 0.896. The van der Waals surface area contributed by atoms with E-state index in [0.29, 0.717) is 25.9 Å². The third-order valence-corrected chi connectivity index (χ3v) is 7.35. The van der Waals surface area contributed by atoms with Crippen LogP contribution in [0.3, 0.4) is 0 Å². The van der Waals surface area contributed by atoms with Crippen molar-refractivity contribution in [3.8, 4) is 0 Å². The van der Waals surface area contributed by atoms with E-state index in [1.165, 1.54) is 11.8 Å². The highest BCUT2D eigenvalue weighted by atomic mass is 32.2. The summed E-state index contributed by atoms with van der Waals surface area (Å²) in [6.45, 7) is 5.11. The van der Waals surface area contributed by atoms with Gasteiger partial charge in [0.2, 0.25) is 0 Å². The first-order valence-corrected chi connectivity index (χ1v) is 10.0. The lowest BCUT2D eigenvalue weighted by atomic mass is 10.00. The van der Waals surface area contributed by atoms with Crippen LogP contribution in [0.15, 0.2) is 24.3 Å². The Morgan fingerprint density at radius 2 is 1.83 bits per heavy atom. The molecule has 0 atom stereocenters. The summed E-state index contributed by atoms with van der Waals surface area (Å²) in [6.07, 6.45) is 3.07. The third-order valence-electron chi connectivity index (χ3n) is 5.05. The molecule has 0 radical (unpaired) electrons. The second-order valence-electron chi connectivity index (χ2n) is 6.26. The molecule has 0 unspecified atom stereocenters. The van der Waals surface area contributed by atoms with Gasteiger partial charge in [0.05, 0.1) is 4.75 Å². The van der Waals surface area contributed by atoms with Gasteiger partial charge in [0.1, 0.15) is 0 Å². The fourth-order valence-corrected chi connectivity index (χ4v) is 4.56. The van der Waals surface area contributed by atoms with E-state index in [2.05, 4.69) is 11.4 Å². The third kappa shape index (κ3) is 3.68. The summed E-state index contributed by atoms with van der Waals surface area (Å²) in [5.74, 6) is 0. The number of amides is 2. The molecule has 2 amide bonds. The maximum Gasteiger partial charge on any atom is 0.317 e. The molecule has 2 rings (SSSR count). The first kappa shape index (κ1) is 17.8. The smallest absolute Gasteiger partial charge is 0.317 e. The molecule has 0 spiro atoms. The van der Waals surface area contributed by atoms with E-state index in [9.17, 15) is 13.2 Å². The average Bonchev–Trinajstić information content (AvgIpc) is 2.54. The summed E-state index contributed by atoms with van der Waals surface area (Å²) in [4.78, 5) is 14.2. The molecule has 1 heterocycles. The molecular weight excluding hydrogens is 312 g/mol. The Bertz CT molecular complexity index is 666. The molecule has 1 aromatic carbocycles. The van der Waals surface area contributed by atoms with Gasteiger partial charge in [-0.25, -0.2) is 13.2 Å². The molecule has 0 bridgehead atoms. The van der Waals surface area contributed by atoms with Gasteiger partial charge in [0.25, 0.3) is 0 Å². The van der Waals surface area contributed by atoms with E-state index in [1.54, 1.807) is 4.90 Å². The van der Waals surface area contributed by atoms with Crippen LogP contribution in [-0.2, 0) is 22.8 Å². The second kappa shape index (κ2) is 6.91. The fourth-order valence-electron chi connectivity index (χ4n) is 3.17. The van der Waals surface area contributed by atoms with Gasteiger partial charge in [-0.15, -0.1) is 0 Å². The number of nitrogens with one attached hydrogen (secondary N) is 1. The molecule has 5 nitrogen and oxygen atoms in total. The maximum atomic E-state index is 12.4. The SMILES string of the molecule is CCC(CC)(CNC(=O)N1CCc2ccccc2C1)S(C)(=O)=O. The number of carbonyl (C=O) groups is 1. The minimum Gasteiger partial charge on any atom is -0.336 e. The predicted octanol–water partition coefficient (Wildman–Crippen LogP) is 2.36. The molecule has 0 saturated carbocycles. The lowest BCUT2D eigenvalue weighted by molar-refractivity contribution is 0.191. The van der Waals surface area contributed by atoms with Crippen LogP contribution in [0.25, 0.3) is 0 Å². The number of rotatable bonds is 5. The Morgan fingerprint density at radius 3 is 2.39 bits per heavy atom. The standard InChI is InChI=1S/C17H26N2O3S/c1-4-17(5-2,23(3,21)22)13-18-16(20)19-11-10-14-8-6-7-9-15(14)12-19/h6-9H,4-5,10-13H2,1-3H3,(H,18,20). The van der Waals surface area contributed by atoms with Gasteiger partial charge in [0.15, 0.2) is 9.84 Å². The largest absolute Gasteiger partial charge is 0.336 e. The van der Waals surface area contributed by atoms with Gasteiger partial charge in [-0.2, -0.15) is 0 Å². The van der Waals surface area contributed by atoms with Crippen LogP contribution >= 0.6 is 0 Å². The molecule has 0 fully saturated rings. The topological polar surface area (TPSA) is 66.5 Å². The van der Waals surface area contributed by atoms with Crippen molar-refractivity contribution in [1.29, 1.82) is 0 Å². The molecule has 1 aromatic rings. The lowest BCUT2D eigenvalue weighted by Gasteiger charge is -2.33. The number of urea groups is 1. The first-order chi connectivity index (χ1) is 10.8. The average molecular weight is 338 g/mol. The van der Waals surface area contributed by atoms with Gasteiger partial charge >= 0.3 is 6.03 Å². The van der Waals surface area contributed by atoms with Crippen molar-refractivity contribution in [2.24, 2.45) is 0 Å². The van der Waals surface area contributed by atoms with Crippen LogP contribution in [0.5, 0.6) is 0 Å². The number of carbonyl (C=O) groups excluding carboxylic acids is 1. The molecule has 1 aliphatic rings. The van der Waals surface area contributed by atoms with Crippen molar-refractivity contribution in [3.05, 3.63) is 35.4 Å². The van der Waals surface area contributed by atoms with Crippen LogP contribution < -0.4 is 5.32 Å². The van der Waals surface area contributed by atoms with Crippen LogP contribution in [0.1, 0.15) is 37.8 Å². The number of sulfone groups is 1. The van der Waals surface area contributed by atoms with E-state index in [-0.39, 0.29) is 12.6 Å². The van der Waals surface area contributed by atoms with Crippen LogP contribution in [0.4, 0.5) is 4.79 Å². The molecule has 23 heavy (non-hydrogen) atoms. The van der Waals surface area contributed by atoms with Crippen molar-refractivity contribution in [2.75, 3.05) is 19.3 Å². The van der Waals surface area contributed by atoms with E-state index >= 15 is 0 Å². The highest BCUT2D eigenvalue weighted by molar-refractivity contribution is 7.92. The van der Waals surface area contributed by atoms with Crippen LogP contribution in [0.2, 0.25) is 0 Å². The van der Waals surface area contributed by atoms with Crippen molar-refractivity contribution in [3.63, 3.8) is 0 Å². The summed E-state index contributed by atoms with van der Waals surface area (Å²) in [5.41, 5.74) is 2.44. The van der Waals surface area contributed by atoms with E-state index in [0.717, 1.165) is 12.0 Å². The maximum absolute atomic E-state index is 12.4. The zero-order chi connectivity index (χ0) is 17.1. The summed E-state index contributed by atoms with van der Waals surface area (Å²) in [5, 5.41) is 2.84.